The highest BCUT2D eigenvalue weighted by molar-refractivity contribution is 5.48. The molecule has 0 aliphatic rings. The topological polar surface area (TPSA) is 9.72 Å². The number of hydrogen-bond donors (Lipinski definition) is 0. The molecular formula is C40H69N3. The lowest BCUT2D eigenvalue weighted by Crippen LogP contribution is -2.41. The highest BCUT2D eigenvalue weighted by Crippen LogP contribution is 2.57. The lowest BCUT2D eigenvalue weighted by molar-refractivity contribution is 0.0305. The van der Waals surface area contributed by atoms with Crippen molar-refractivity contribution in [3.05, 3.63) is 65.7 Å². The van der Waals surface area contributed by atoms with Crippen LogP contribution in [-0.4, -0.2) is 64.2 Å². The minimum atomic E-state index is 0.0944. The summed E-state index contributed by atoms with van der Waals surface area (Å²) in [6.07, 6.45) is 4.70. The maximum Gasteiger partial charge on any atom is 0.0366 e. The smallest absolute Gasteiger partial charge is 0.0366 e. The van der Waals surface area contributed by atoms with Crippen LogP contribution in [-0.2, 0) is 0 Å². The molecule has 0 spiro atoms. The van der Waals surface area contributed by atoms with Gasteiger partial charge in [-0.05, 0) is 124 Å². The van der Waals surface area contributed by atoms with Crippen LogP contribution in [0.15, 0.2) is 54.6 Å². The third kappa shape index (κ3) is 11.5. The van der Waals surface area contributed by atoms with Crippen molar-refractivity contribution in [3.63, 3.8) is 0 Å². The van der Waals surface area contributed by atoms with Gasteiger partial charge in [-0.3, -0.25) is 0 Å². The Labute approximate surface area is 268 Å². The van der Waals surface area contributed by atoms with Crippen molar-refractivity contribution in [2.75, 3.05) is 59.3 Å². The molecule has 0 N–H and O–H groups in total. The molecule has 0 heterocycles. The van der Waals surface area contributed by atoms with Crippen LogP contribution >= 0.6 is 0 Å². The zero-order chi connectivity index (χ0) is 32.6. The van der Waals surface area contributed by atoms with Gasteiger partial charge in [0, 0.05) is 18.8 Å². The van der Waals surface area contributed by atoms with Gasteiger partial charge in [-0.25, -0.2) is 0 Å². The van der Waals surface area contributed by atoms with Gasteiger partial charge in [0.15, 0.2) is 0 Å². The molecule has 2 unspecified atom stereocenters. The van der Waals surface area contributed by atoms with Gasteiger partial charge in [-0.2, -0.15) is 0 Å². The Morgan fingerprint density at radius 3 is 1.42 bits per heavy atom. The number of rotatable bonds is 16. The molecule has 0 aliphatic heterocycles. The van der Waals surface area contributed by atoms with Crippen LogP contribution in [0.5, 0.6) is 0 Å². The highest BCUT2D eigenvalue weighted by atomic mass is 15.1. The van der Waals surface area contributed by atoms with E-state index in [1.54, 1.807) is 0 Å². The summed E-state index contributed by atoms with van der Waals surface area (Å²) in [6, 6.07) is 21.0. The molecule has 0 aliphatic carbocycles. The van der Waals surface area contributed by atoms with E-state index in [-0.39, 0.29) is 21.7 Å². The standard InChI is InChI=1S/C40H69N3/c1-37(2,3)30-36(40(9,10)39(7,8)31-35(38(4,5)6)32-20-16-15-17-21-32)33-22-24-34(25-23-33)43(28-18-26-41(11)12)29-19-27-42(13)14/h15-17,20-25,35-36H,18-19,26-31H2,1-14H3. The molecule has 0 radical (unpaired) electrons. The molecule has 2 aromatic rings. The van der Waals surface area contributed by atoms with Gasteiger partial charge in [0.05, 0.1) is 0 Å². The van der Waals surface area contributed by atoms with Crippen molar-refractivity contribution in [1.82, 2.24) is 9.80 Å². The molecular weight excluding hydrogens is 522 g/mol. The predicted octanol–water partition coefficient (Wildman–Crippen LogP) is 10.2. The van der Waals surface area contributed by atoms with E-state index >= 15 is 0 Å². The van der Waals surface area contributed by atoms with Crippen LogP contribution in [0.4, 0.5) is 5.69 Å². The van der Waals surface area contributed by atoms with Crippen LogP contribution in [0.2, 0.25) is 0 Å². The Hall–Kier alpha value is -1.84. The monoisotopic (exact) mass is 592 g/mol. The number of nitrogens with zero attached hydrogens (tertiary/aromatic N) is 3. The molecule has 2 aromatic carbocycles. The van der Waals surface area contributed by atoms with E-state index < -0.39 is 0 Å². The summed E-state index contributed by atoms with van der Waals surface area (Å²) < 4.78 is 0. The highest BCUT2D eigenvalue weighted by Gasteiger charge is 2.47. The molecule has 244 valence electrons. The van der Waals surface area contributed by atoms with Gasteiger partial charge in [0.25, 0.3) is 0 Å². The summed E-state index contributed by atoms with van der Waals surface area (Å²) in [6.45, 7) is 29.1. The molecule has 43 heavy (non-hydrogen) atoms. The van der Waals surface area contributed by atoms with Crippen molar-refractivity contribution in [2.24, 2.45) is 21.7 Å². The fourth-order valence-electron chi connectivity index (χ4n) is 6.70. The number of anilines is 1. The second kappa shape index (κ2) is 15.4. The average molecular weight is 592 g/mol. The minimum Gasteiger partial charge on any atom is -0.371 e. The van der Waals surface area contributed by atoms with Crippen LogP contribution in [0, 0.1) is 21.7 Å². The zero-order valence-corrected chi connectivity index (χ0v) is 30.8. The fourth-order valence-corrected chi connectivity index (χ4v) is 6.70. The van der Waals surface area contributed by atoms with Crippen molar-refractivity contribution in [2.45, 2.75) is 107 Å². The summed E-state index contributed by atoms with van der Waals surface area (Å²) in [4.78, 5) is 7.20. The van der Waals surface area contributed by atoms with Crippen molar-refractivity contribution >= 4 is 5.69 Å². The largest absolute Gasteiger partial charge is 0.371 e. The average Bonchev–Trinajstić information content (AvgIpc) is 2.88. The molecule has 0 fully saturated rings. The normalized spacial score (nSPS) is 14.8. The lowest BCUT2D eigenvalue weighted by Gasteiger charge is -2.51. The number of benzene rings is 2. The van der Waals surface area contributed by atoms with E-state index in [1.165, 1.54) is 36.1 Å². The molecule has 0 bridgehead atoms. The Kier molecular flexibility index (Phi) is 13.4. The Morgan fingerprint density at radius 1 is 0.535 bits per heavy atom. The molecule has 0 amide bonds. The molecule has 0 aromatic heterocycles. The Morgan fingerprint density at radius 2 is 1.00 bits per heavy atom. The van der Waals surface area contributed by atoms with Gasteiger partial charge in [-0.1, -0.05) is 112 Å². The van der Waals surface area contributed by atoms with Gasteiger partial charge in [-0.15, -0.1) is 0 Å². The summed E-state index contributed by atoms with van der Waals surface area (Å²) in [5.41, 5.74) is 4.98. The summed E-state index contributed by atoms with van der Waals surface area (Å²) >= 11 is 0. The van der Waals surface area contributed by atoms with E-state index in [4.69, 9.17) is 0 Å². The van der Waals surface area contributed by atoms with Gasteiger partial charge in [0.1, 0.15) is 0 Å². The molecule has 2 rings (SSSR count). The van der Waals surface area contributed by atoms with Crippen LogP contribution in [0.25, 0.3) is 0 Å². The Bertz CT molecular complexity index is 1040. The summed E-state index contributed by atoms with van der Waals surface area (Å²) in [5, 5.41) is 0. The van der Waals surface area contributed by atoms with Crippen LogP contribution in [0.3, 0.4) is 0 Å². The maximum atomic E-state index is 2.61. The second-order valence-electron chi connectivity index (χ2n) is 17.3. The van der Waals surface area contributed by atoms with Gasteiger partial charge < -0.3 is 14.7 Å². The molecule has 0 saturated heterocycles. The van der Waals surface area contributed by atoms with E-state index in [9.17, 15) is 0 Å². The SMILES string of the molecule is CN(C)CCCN(CCCN(C)C)c1ccc(C(CC(C)(C)C)C(C)(C)C(C)(C)CC(c2ccccc2)C(C)(C)C)cc1. The summed E-state index contributed by atoms with van der Waals surface area (Å²) in [5.74, 6) is 0.961. The summed E-state index contributed by atoms with van der Waals surface area (Å²) in [7, 11) is 8.70. The lowest BCUT2D eigenvalue weighted by atomic mass is 9.53. The van der Waals surface area contributed by atoms with Gasteiger partial charge in [0.2, 0.25) is 0 Å². The fraction of sp³-hybridized carbons (Fsp3) is 0.700. The first-order valence-electron chi connectivity index (χ1n) is 16.9. The second-order valence-corrected chi connectivity index (χ2v) is 17.3. The zero-order valence-electron chi connectivity index (χ0n) is 30.8. The van der Waals surface area contributed by atoms with E-state index in [0.717, 1.165) is 32.6 Å². The van der Waals surface area contributed by atoms with E-state index in [2.05, 4.69) is 167 Å². The quantitative estimate of drug-likeness (QED) is 0.192. The third-order valence-electron chi connectivity index (χ3n) is 10.1. The maximum absolute atomic E-state index is 2.61. The first-order valence-corrected chi connectivity index (χ1v) is 16.9. The van der Waals surface area contributed by atoms with Crippen molar-refractivity contribution in [1.29, 1.82) is 0 Å². The van der Waals surface area contributed by atoms with Crippen molar-refractivity contribution < 1.29 is 0 Å². The minimum absolute atomic E-state index is 0.0944. The third-order valence-corrected chi connectivity index (χ3v) is 10.1. The first kappa shape index (κ1) is 37.3. The van der Waals surface area contributed by atoms with E-state index in [1.807, 2.05) is 0 Å². The Balaban J connectivity index is 2.43. The number of hydrogen-bond acceptors (Lipinski definition) is 3. The van der Waals surface area contributed by atoms with E-state index in [0.29, 0.717) is 11.8 Å². The van der Waals surface area contributed by atoms with Crippen LogP contribution < -0.4 is 4.90 Å². The molecule has 0 saturated carbocycles. The first-order chi connectivity index (χ1) is 19.7. The van der Waals surface area contributed by atoms with Crippen LogP contribution in [0.1, 0.15) is 118 Å². The molecule has 3 nitrogen and oxygen atoms in total. The van der Waals surface area contributed by atoms with Crippen molar-refractivity contribution in [3.8, 4) is 0 Å². The van der Waals surface area contributed by atoms with Gasteiger partial charge >= 0.3 is 0 Å². The predicted molar refractivity (Wildman–Crippen MR) is 193 cm³/mol. The molecule has 3 heteroatoms. The molecule has 2 atom stereocenters.